The van der Waals surface area contributed by atoms with Crippen molar-refractivity contribution in [2.75, 3.05) is 26.2 Å². The lowest BCUT2D eigenvalue weighted by Crippen LogP contribution is -2.44. The fourth-order valence-corrected chi connectivity index (χ4v) is 3.63. The van der Waals surface area contributed by atoms with Crippen LogP contribution in [-0.2, 0) is 11.2 Å². The van der Waals surface area contributed by atoms with Crippen LogP contribution < -0.4 is 5.32 Å². The average molecular weight is 300 g/mol. The lowest BCUT2D eigenvalue weighted by Gasteiger charge is -2.34. The second-order valence-corrected chi connectivity index (χ2v) is 6.99. The Bertz CT molecular complexity index is 487. The molecule has 0 aromatic heterocycles. The fourth-order valence-electron chi connectivity index (χ4n) is 3.63. The van der Waals surface area contributed by atoms with Crippen molar-refractivity contribution in [1.29, 1.82) is 0 Å². The van der Waals surface area contributed by atoms with Gasteiger partial charge in [0.25, 0.3) is 0 Å². The molecule has 0 spiro atoms. The second kappa shape index (κ2) is 6.82. The van der Waals surface area contributed by atoms with Gasteiger partial charge in [-0.2, -0.15) is 0 Å². The molecule has 1 saturated heterocycles. The van der Waals surface area contributed by atoms with Gasteiger partial charge in [-0.05, 0) is 56.7 Å². The molecule has 0 unspecified atom stereocenters. The Morgan fingerprint density at radius 1 is 1.23 bits per heavy atom. The number of hydrogen-bond donors (Lipinski definition) is 1. The molecule has 0 atom stereocenters. The monoisotopic (exact) mass is 300 g/mol. The molecule has 1 aliphatic carbocycles. The zero-order valence-corrected chi connectivity index (χ0v) is 13.7. The first-order valence-electron chi connectivity index (χ1n) is 8.77. The minimum atomic E-state index is -0.0736. The summed E-state index contributed by atoms with van der Waals surface area (Å²) in [6.45, 7) is 6.20. The second-order valence-electron chi connectivity index (χ2n) is 6.99. The minimum absolute atomic E-state index is 0.0736. The highest BCUT2D eigenvalue weighted by molar-refractivity contribution is 5.85. The molecule has 1 amide bonds. The molecule has 3 nitrogen and oxygen atoms in total. The number of carbonyl (C=O) groups excluding carboxylic acids is 1. The fraction of sp³-hybridized carbons (Fsp3) is 0.632. The van der Waals surface area contributed by atoms with Gasteiger partial charge in [-0.25, -0.2) is 0 Å². The van der Waals surface area contributed by atoms with Crippen molar-refractivity contribution >= 4 is 5.91 Å². The Labute approximate surface area is 134 Å². The van der Waals surface area contributed by atoms with Gasteiger partial charge in [0.15, 0.2) is 0 Å². The van der Waals surface area contributed by atoms with Gasteiger partial charge in [-0.1, -0.05) is 37.3 Å². The average Bonchev–Trinajstić information content (AvgIpc) is 3.34. The maximum Gasteiger partial charge on any atom is 0.229 e. The zero-order valence-electron chi connectivity index (χ0n) is 13.7. The van der Waals surface area contributed by atoms with E-state index in [1.807, 2.05) is 6.07 Å². The number of hydrogen-bond acceptors (Lipinski definition) is 2. The summed E-state index contributed by atoms with van der Waals surface area (Å²) in [5.41, 5.74) is 1.23. The molecule has 1 aliphatic heterocycles. The summed E-state index contributed by atoms with van der Waals surface area (Å²) in [5, 5.41) is 3.43. The summed E-state index contributed by atoms with van der Waals surface area (Å²) in [6, 6.07) is 10.5. The summed E-state index contributed by atoms with van der Waals surface area (Å²) in [5.74, 6) is 1.16. The van der Waals surface area contributed by atoms with Crippen LogP contribution in [0, 0.1) is 11.3 Å². The van der Waals surface area contributed by atoms with Crippen molar-refractivity contribution in [2.45, 2.75) is 39.0 Å². The van der Waals surface area contributed by atoms with Gasteiger partial charge in [0.05, 0.1) is 5.41 Å². The molecule has 0 radical (unpaired) electrons. The molecular weight excluding hydrogens is 272 g/mol. The summed E-state index contributed by atoms with van der Waals surface area (Å²) < 4.78 is 0. The highest BCUT2D eigenvalue weighted by Crippen LogP contribution is 2.50. The highest BCUT2D eigenvalue weighted by Gasteiger charge is 2.51. The number of nitrogens with one attached hydrogen (secondary N) is 1. The topological polar surface area (TPSA) is 32.3 Å². The van der Waals surface area contributed by atoms with Crippen LogP contribution in [-0.4, -0.2) is 37.0 Å². The molecule has 1 heterocycles. The van der Waals surface area contributed by atoms with E-state index in [1.165, 1.54) is 5.56 Å². The molecule has 22 heavy (non-hydrogen) atoms. The van der Waals surface area contributed by atoms with Gasteiger partial charge in [-0.3, -0.25) is 4.79 Å². The third kappa shape index (κ3) is 3.52. The molecule has 3 heteroatoms. The third-order valence-corrected chi connectivity index (χ3v) is 5.28. The van der Waals surface area contributed by atoms with Gasteiger partial charge >= 0.3 is 0 Å². The molecule has 2 fully saturated rings. The standard InChI is InChI=1S/C19H28N2O/c1-2-20-15-17-8-12-21(13-9-17)18(22)19(10-11-19)14-16-6-4-3-5-7-16/h3-7,17,20H,2,8-15H2,1H3. The van der Waals surface area contributed by atoms with Crippen molar-refractivity contribution in [1.82, 2.24) is 10.2 Å². The van der Waals surface area contributed by atoms with Gasteiger partial charge < -0.3 is 10.2 Å². The lowest BCUT2D eigenvalue weighted by atomic mass is 9.91. The van der Waals surface area contributed by atoms with E-state index in [0.29, 0.717) is 5.91 Å². The predicted molar refractivity (Wildman–Crippen MR) is 89.7 cm³/mol. The maximum atomic E-state index is 12.9. The SMILES string of the molecule is CCNCC1CCN(C(=O)C2(Cc3ccccc3)CC2)CC1. The molecule has 1 aromatic rings. The van der Waals surface area contributed by atoms with Crippen LogP contribution in [0.2, 0.25) is 0 Å². The van der Waals surface area contributed by atoms with E-state index in [0.717, 1.165) is 64.2 Å². The third-order valence-electron chi connectivity index (χ3n) is 5.28. The smallest absolute Gasteiger partial charge is 0.229 e. The highest BCUT2D eigenvalue weighted by atomic mass is 16.2. The number of piperidine rings is 1. The van der Waals surface area contributed by atoms with E-state index in [-0.39, 0.29) is 5.41 Å². The Morgan fingerprint density at radius 2 is 1.91 bits per heavy atom. The molecule has 3 rings (SSSR count). The zero-order chi connectivity index (χ0) is 15.4. The van der Waals surface area contributed by atoms with E-state index < -0.39 is 0 Å². The van der Waals surface area contributed by atoms with Gasteiger partial charge in [-0.15, -0.1) is 0 Å². The van der Waals surface area contributed by atoms with Crippen LogP contribution in [0.3, 0.4) is 0 Å². The van der Waals surface area contributed by atoms with Crippen molar-refractivity contribution < 1.29 is 4.79 Å². The Morgan fingerprint density at radius 3 is 2.50 bits per heavy atom. The molecule has 2 aliphatic rings. The summed E-state index contributed by atoms with van der Waals surface area (Å²) in [4.78, 5) is 15.1. The number of carbonyl (C=O) groups is 1. The first-order valence-corrected chi connectivity index (χ1v) is 8.77. The molecule has 0 bridgehead atoms. The molecule has 1 N–H and O–H groups in total. The number of likely N-dealkylation sites (tertiary alicyclic amines) is 1. The van der Waals surface area contributed by atoms with E-state index in [4.69, 9.17) is 0 Å². The molecular formula is C19H28N2O. The van der Waals surface area contributed by atoms with Crippen LogP contribution in [0.5, 0.6) is 0 Å². The Balaban J connectivity index is 1.54. The lowest BCUT2D eigenvalue weighted by molar-refractivity contribution is -0.138. The van der Waals surface area contributed by atoms with Crippen molar-refractivity contribution in [3.05, 3.63) is 35.9 Å². The molecule has 1 saturated carbocycles. The maximum absolute atomic E-state index is 12.9. The van der Waals surface area contributed by atoms with Crippen LogP contribution in [0.25, 0.3) is 0 Å². The molecule has 1 aromatic carbocycles. The number of rotatable bonds is 6. The van der Waals surface area contributed by atoms with Crippen LogP contribution in [0.15, 0.2) is 30.3 Å². The number of benzene rings is 1. The van der Waals surface area contributed by atoms with E-state index in [1.54, 1.807) is 0 Å². The quantitative estimate of drug-likeness (QED) is 0.876. The first kappa shape index (κ1) is 15.5. The summed E-state index contributed by atoms with van der Waals surface area (Å²) in [6.07, 6.45) is 5.36. The van der Waals surface area contributed by atoms with Crippen LogP contribution in [0.4, 0.5) is 0 Å². The van der Waals surface area contributed by atoms with E-state index in [9.17, 15) is 4.79 Å². The van der Waals surface area contributed by atoms with Crippen molar-refractivity contribution in [3.8, 4) is 0 Å². The van der Waals surface area contributed by atoms with Crippen LogP contribution >= 0.6 is 0 Å². The van der Waals surface area contributed by atoms with E-state index >= 15 is 0 Å². The first-order chi connectivity index (χ1) is 10.7. The van der Waals surface area contributed by atoms with Crippen molar-refractivity contribution in [2.24, 2.45) is 11.3 Å². The van der Waals surface area contributed by atoms with Crippen LogP contribution in [0.1, 0.15) is 38.2 Å². The number of nitrogens with zero attached hydrogens (tertiary/aromatic N) is 1. The Hall–Kier alpha value is -1.35. The molecule has 120 valence electrons. The minimum Gasteiger partial charge on any atom is -0.342 e. The van der Waals surface area contributed by atoms with Crippen molar-refractivity contribution in [3.63, 3.8) is 0 Å². The number of amides is 1. The largest absolute Gasteiger partial charge is 0.342 e. The summed E-state index contributed by atoms with van der Waals surface area (Å²) in [7, 11) is 0. The normalized spacial score (nSPS) is 20.9. The van der Waals surface area contributed by atoms with Gasteiger partial charge in [0.2, 0.25) is 5.91 Å². The Kier molecular flexibility index (Phi) is 4.82. The van der Waals surface area contributed by atoms with Gasteiger partial charge in [0, 0.05) is 13.1 Å². The summed E-state index contributed by atoms with van der Waals surface area (Å²) >= 11 is 0. The van der Waals surface area contributed by atoms with Gasteiger partial charge in [0.1, 0.15) is 0 Å². The van der Waals surface area contributed by atoms with E-state index in [2.05, 4.69) is 41.4 Å². The predicted octanol–water partition coefficient (Wildman–Crippen LogP) is 2.86.